The molecule has 0 radical (unpaired) electrons. The Kier molecular flexibility index (Phi) is 2.96. The molecule has 1 aromatic carbocycles. The SMILES string of the molecule is FC(F)(F)Oc1ccc2nc(C(F)(F)Br)[nH]c2c1. The highest BCUT2D eigenvalue weighted by molar-refractivity contribution is 9.09. The first-order chi connectivity index (χ1) is 8.15. The second kappa shape index (κ2) is 4.08. The van der Waals surface area contributed by atoms with Gasteiger partial charge in [0, 0.05) is 6.07 Å². The van der Waals surface area contributed by atoms with Gasteiger partial charge >= 0.3 is 11.2 Å². The standard InChI is InChI=1S/C9H4BrF5N2O/c10-8(11,12)7-16-5-2-1-4(3-6(5)17-7)18-9(13,14)15/h1-3H,(H,16,17). The summed E-state index contributed by atoms with van der Waals surface area (Å²) < 4.78 is 65.3. The Bertz CT molecular complexity index is 574. The molecule has 0 spiro atoms. The van der Waals surface area contributed by atoms with E-state index >= 15 is 0 Å². The van der Waals surface area contributed by atoms with Gasteiger partial charge in [-0.15, -0.1) is 13.2 Å². The molecule has 0 saturated heterocycles. The number of aromatic amines is 1. The maximum atomic E-state index is 12.9. The lowest BCUT2D eigenvalue weighted by atomic mass is 10.3. The number of nitrogens with one attached hydrogen (secondary N) is 1. The van der Waals surface area contributed by atoms with Crippen molar-refractivity contribution < 1.29 is 26.7 Å². The predicted octanol–water partition coefficient (Wildman–Crippen LogP) is 3.91. The van der Waals surface area contributed by atoms with Crippen LogP contribution in [0.4, 0.5) is 22.0 Å². The number of benzene rings is 1. The van der Waals surface area contributed by atoms with E-state index in [1.54, 1.807) is 0 Å². The van der Waals surface area contributed by atoms with Crippen molar-refractivity contribution in [2.45, 2.75) is 11.2 Å². The van der Waals surface area contributed by atoms with E-state index in [0.29, 0.717) is 0 Å². The van der Waals surface area contributed by atoms with Crippen molar-refractivity contribution in [2.24, 2.45) is 0 Å². The molecule has 3 nitrogen and oxygen atoms in total. The highest BCUT2D eigenvalue weighted by atomic mass is 79.9. The van der Waals surface area contributed by atoms with Gasteiger partial charge in [-0.25, -0.2) is 4.98 Å². The number of ether oxygens (including phenoxy) is 1. The molecule has 1 aromatic heterocycles. The molecule has 0 amide bonds. The highest BCUT2D eigenvalue weighted by Gasteiger charge is 2.33. The summed E-state index contributed by atoms with van der Waals surface area (Å²) in [5.74, 6) is -1.20. The Hall–Kier alpha value is -1.38. The summed E-state index contributed by atoms with van der Waals surface area (Å²) in [7, 11) is 0. The van der Waals surface area contributed by atoms with Crippen LogP contribution < -0.4 is 4.74 Å². The molecule has 0 saturated carbocycles. The molecule has 0 aliphatic heterocycles. The van der Waals surface area contributed by atoms with Crippen LogP contribution in [0.1, 0.15) is 5.82 Å². The molecule has 18 heavy (non-hydrogen) atoms. The highest BCUT2D eigenvalue weighted by Crippen LogP contribution is 2.34. The minimum Gasteiger partial charge on any atom is -0.406 e. The number of alkyl halides is 6. The van der Waals surface area contributed by atoms with Gasteiger partial charge in [0.2, 0.25) is 0 Å². The first-order valence-corrected chi connectivity index (χ1v) is 5.27. The number of hydrogen-bond acceptors (Lipinski definition) is 2. The zero-order valence-electron chi connectivity index (χ0n) is 8.36. The third-order valence-corrected chi connectivity index (χ3v) is 2.33. The monoisotopic (exact) mass is 330 g/mol. The van der Waals surface area contributed by atoms with Crippen molar-refractivity contribution >= 4 is 27.0 Å². The van der Waals surface area contributed by atoms with Gasteiger partial charge in [-0.1, -0.05) is 0 Å². The minimum absolute atomic E-state index is 0.0193. The third kappa shape index (κ3) is 2.89. The van der Waals surface area contributed by atoms with Crippen LogP contribution in [0, 0.1) is 0 Å². The van der Waals surface area contributed by atoms with Crippen LogP contribution >= 0.6 is 15.9 Å². The zero-order valence-corrected chi connectivity index (χ0v) is 9.94. The Balaban J connectivity index is 2.40. The summed E-state index contributed by atoms with van der Waals surface area (Å²) in [6, 6.07) is 3.08. The lowest BCUT2D eigenvalue weighted by Crippen LogP contribution is -2.16. The van der Waals surface area contributed by atoms with E-state index in [0.717, 1.165) is 18.2 Å². The number of fused-ring (bicyclic) bond motifs is 1. The number of hydrogen-bond donors (Lipinski definition) is 1. The van der Waals surface area contributed by atoms with Crippen LogP contribution in [0.5, 0.6) is 5.75 Å². The van der Waals surface area contributed by atoms with Gasteiger partial charge in [-0.2, -0.15) is 8.78 Å². The van der Waals surface area contributed by atoms with E-state index < -0.39 is 22.8 Å². The van der Waals surface area contributed by atoms with Crippen LogP contribution in [0.25, 0.3) is 11.0 Å². The quantitative estimate of drug-likeness (QED) is 0.669. The Morgan fingerprint density at radius 3 is 2.39 bits per heavy atom. The molecule has 0 bridgehead atoms. The van der Waals surface area contributed by atoms with Crippen molar-refractivity contribution in [3.8, 4) is 5.75 Å². The van der Waals surface area contributed by atoms with Crippen molar-refractivity contribution in [1.29, 1.82) is 0 Å². The summed E-state index contributed by atoms with van der Waals surface area (Å²) in [6.45, 7) is 0. The Labute approximate surface area is 105 Å². The number of rotatable bonds is 2. The van der Waals surface area contributed by atoms with E-state index in [1.807, 2.05) is 0 Å². The van der Waals surface area contributed by atoms with Crippen LogP contribution in [0.2, 0.25) is 0 Å². The maximum absolute atomic E-state index is 12.9. The number of imidazole rings is 1. The van der Waals surface area contributed by atoms with Crippen LogP contribution in [-0.4, -0.2) is 16.3 Å². The fraction of sp³-hybridized carbons (Fsp3) is 0.222. The molecule has 0 fully saturated rings. The second-order valence-electron chi connectivity index (χ2n) is 3.31. The van der Waals surface area contributed by atoms with Crippen molar-refractivity contribution in [1.82, 2.24) is 9.97 Å². The van der Waals surface area contributed by atoms with E-state index in [4.69, 9.17) is 0 Å². The first kappa shape index (κ1) is 13.1. The molecular weight excluding hydrogens is 327 g/mol. The van der Waals surface area contributed by atoms with Gasteiger partial charge < -0.3 is 9.72 Å². The van der Waals surface area contributed by atoms with Crippen molar-refractivity contribution in [3.63, 3.8) is 0 Å². The molecule has 2 rings (SSSR count). The van der Waals surface area contributed by atoms with E-state index in [2.05, 4.69) is 30.6 Å². The number of aromatic nitrogens is 2. The summed E-state index contributed by atoms with van der Waals surface area (Å²) in [5, 5.41) is 0. The van der Waals surface area contributed by atoms with Gasteiger partial charge in [-0.05, 0) is 28.1 Å². The minimum atomic E-state index is -4.84. The van der Waals surface area contributed by atoms with Gasteiger partial charge in [0.25, 0.3) is 0 Å². The smallest absolute Gasteiger partial charge is 0.406 e. The molecule has 1 heterocycles. The van der Waals surface area contributed by atoms with Crippen LogP contribution in [0.3, 0.4) is 0 Å². The van der Waals surface area contributed by atoms with Gasteiger partial charge in [0.15, 0.2) is 5.82 Å². The summed E-state index contributed by atoms with van der Waals surface area (Å²) in [5.41, 5.74) is 0.129. The Morgan fingerprint density at radius 2 is 1.83 bits per heavy atom. The normalized spacial score (nSPS) is 13.0. The van der Waals surface area contributed by atoms with Gasteiger partial charge in [-0.3, -0.25) is 0 Å². The van der Waals surface area contributed by atoms with Crippen LogP contribution in [-0.2, 0) is 4.83 Å². The topological polar surface area (TPSA) is 37.9 Å². The molecule has 98 valence electrons. The largest absolute Gasteiger partial charge is 0.573 e. The zero-order chi connectivity index (χ0) is 13.6. The number of halogens is 6. The lowest BCUT2D eigenvalue weighted by Gasteiger charge is -2.07. The lowest BCUT2D eigenvalue weighted by molar-refractivity contribution is -0.274. The third-order valence-electron chi connectivity index (χ3n) is 1.96. The first-order valence-electron chi connectivity index (χ1n) is 4.48. The Morgan fingerprint density at radius 1 is 1.17 bits per heavy atom. The van der Waals surface area contributed by atoms with E-state index in [9.17, 15) is 22.0 Å². The molecule has 0 aliphatic carbocycles. The fourth-order valence-corrected chi connectivity index (χ4v) is 1.51. The molecular formula is C9H4BrF5N2O. The number of H-pyrrole nitrogens is 1. The molecule has 0 unspecified atom stereocenters. The maximum Gasteiger partial charge on any atom is 0.573 e. The van der Waals surface area contributed by atoms with E-state index in [1.165, 1.54) is 0 Å². The molecule has 9 heteroatoms. The predicted molar refractivity (Wildman–Crippen MR) is 55.6 cm³/mol. The van der Waals surface area contributed by atoms with E-state index in [-0.39, 0.29) is 11.0 Å². The summed E-state index contributed by atoms with van der Waals surface area (Å²) in [4.78, 5) is 2.36. The molecule has 0 atom stereocenters. The van der Waals surface area contributed by atoms with Gasteiger partial charge in [0.05, 0.1) is 11.0 Å². The fourth-order valence-electron chi connectivity index (χ4n) is 1.32. The molecule has 2 aromatic rings. The number of nitrogens with zero attached hydrogens (tertiary/aromatic N) is 1. The molecule has 1 N–H and O–H groups in total. The molecule has 0 aliphatic rings. The van der Waals surface area contributed by atoms with Crippen molar-refractivity contribution in [2.75, 3.05) is 0 Å². The van der Waals surface area contributed by atoms with Gasteiger partial charge in [0.1, 0.15) is 5.75 Å². The summed E-state index contributed by atoms with van der Waals surface area (Å²) in [6.07, 6.45) is -4.84. The summed E-state index contributed by atoms with van der Waals surface area (Å²) >= 11 is 2.09. The van der Waals surface area contributed by atoms with Crippen molar-refractivity contribution in [3.05, 3.63) is 24.0 Å². The van der Waals surface area contributed by atoms with Crippen LogP contribution in [0.15, 0.2) is 18.2 Å². The average molecular weight is 331 g/mol. The average Bonchev–Trinajstić information content (AvgIpc) is 2.57. The second-order valence-corrected chi connectivity index (χ2v) is 4.31.